The van der Waals surface area contributed by atoms with E-state index in [1.165, 1.54) is 36.5 Å². The molecule has 0 unspecified atom stereocenters. The molecule has 0 saturated heterocycles. The van der Waals surface area contributed by atoms with Gasteiger partial charge in [0.2, 0.25) is 0 Å². The van der Waals surface area contributed by atoms with Gasteiger partial charge < -0.3 is 9.57 Å². The molecule has 0 radical (unpaired) electrons. The first-order valence-corrected chi connectivity index (χ1v) is 6.58. The van der Waals surface area contributed by atoms with Crippen molar-refractivity contribution in [3.8, 4) is 5.75 Å². The number of oxime groups is 1. The quantitative estimate of drug-likeness (QED) is 0.571. The largest absolute Gasteiger partial charge is 0.434 e. The van der Waals surface area contributed by atoms with Crippen molar-refractivity contribution in [3.05, 3.63) is 64.4 Å². The summed E-state index contributed by atoms with van der Waals surface area (Å²) in [6.45, 7) is -3.12. The number of ether oxygens (including phenoxy) is 1. The van der Waals surface area contributed by atoms with E-state index >= 15 is 0 Å². The van der Waals surface area contributed by atoms with Crippen LogP contribution in [0.5, 0.6) is 5.75 Å². The van der Waals surface area contributed by atoms with Crippen LogP contribution in [0.25, 0.3) is 0 Å². The Kier molecular flexibility index (Phi) is 5.66. The fourth-order valence-corrected chi connectivity index (χ4v) is 1.87. The van der Waals surface area contributed by atoms with E-state index in [9.17, 15) is 13.2 Å². The Bertz CT molecular complexity index is 645. The summed E-state index contributed by atoms with van der Waals surface area (Å²) in [7, 11) is 0. The maximum Gasteiger partial charge on any atom is 0.387 e. The molecular formula is C15H11ClF3NO2. The molecule has 22 heavy (non-hydrogen) atoms. The van der Waals surface area contributed by atoms with E-state index in [2.05, 4.69) is 9.89 Å². The van der Waals surface area contributed by atoms with Gasteiger partial charge in [-0.1, -0.05) is 35.0 Å². The van der Waals surface area contributed by atoms with Crippen molar-refractivity contribution in [1.82, 2.24) is 0 Å². The molecule has 0 bridgehead atoms. The van der Waals surface area contributed by atoms with Gasteiger partial charge in [0, 0.05) is 11.1 Å². The van der Waals surface area contributed by atoms with Crippen LogP contribution in [-0.2, 0) is 11.4 Å². The molecule has 2 aromatic rings. The van der Waals surface area contributed by atoms with Gasteiger partial charge in [-0.05, 0) is 24.3 Å². The highest BCUT2D eigenvalue weighted by molar-refractivity contribution is 6.31. The second-order valence-electron chi connectivity index (χ2n) is 4.12. The lowest BCUT2D eigenvalue weighted by molar-refractivity contribution is -0.0499. The molecule has 3 nitrogen and oxygen atoms in total. The Labute approximate surface area is 129 Å². The highest BCUT2D eigenvalue weighted by Gasteiger charge is 2.08. The molecule has 0 fully saturated rings. The van der Waals surface area contributed by atoms with Gasteiger partial charge in [0.05, 0.1) is 11.2 Å². The number of hydrogen-bond donors (Lipinski definition) is 0. The lowest BCUT2D eigenvalue weighted by Crippen LogP contribution is -2.04. The highest BCUT2D eigenvalue weighted by Crippen LogP contribution is 2.20. The van der Waals surface area contributed by atoms with Crippen LogP contribution in [0.3, 0.4) is 0 Å². The normalized spacial score (nSPS) is 11.1. The lowest BCUT2D eigenvalue weighted by atomic mass is 10.2. The van der Waals surface area contributed by atoms with Crippen molar-refractivity contribution in [3.63, 3.8) is 0 Å². The average molecular weight is 330 g/mol. The number of benzene rings is 2. The van der Waals surface area contributed by atoms with Crippen LogP contribution in [0.2, 0.25) is 5.02 Å². The van der Waals surface area contributed by atoms with E-state index in [-0.39, 0.29) is 22.9 Å². The summed E-state index contributed by atoms with van der Waals surface area (Å²) in [5.74, 6) is -0.544. The van der Waals surface area contributed by atoms with E-state index in [4.69, 9.17) is 16.4 Å². The predicted molar refractivity (Wildman–Crippen MR) is 76.9 cm³/mol. The predicted octanol–water partition coefficient (Wildman–Crippen LogP) is 4.63. The number of rotatable bonds is 6. The molecule has 0 aliphatic carbocycles. The third-order valence-electron chi connectivity index (χ3n) is 2.67. The molecule has 0 aliphatic rings. The summed E-state index contributed by atoms with van der Waals surface area (Å²) in [6, 6.07) is 10.3. The molecule has 0 N–H and O–H groups in total. The highest BCUT2D eigenvalue weighted by atomic mass is 35.5. The molecule has 2 rings (SSSR count). The smallest absolute Gasteiger partial charge is 0.387 e. The van der Waals surface area contributed by atoms with E-state index in [1.54, 1.807) is 12.1 Å². The second kappa shape index (κ2) is 7.70. The molecule has 0 amide bonds. The van der Waals surface area contributed by atoms with Gasteiger partial charge in [-0.3, -0.25) is 0 Å². The van der Waals surface area contributed by atoms with Crippen LogP contribution in [0.4, 0.5) is 13.2 Å². The summed E-state index contributed by atoms with van der Waals surface area (Å²) in [4.78, 5) is 4.95. The Morgan fingerprint density at radius 2 is 1.91 bits per heavy atom. The third-order valence-corrected chi connectivity index (χ3v) is 3.03. The molecule has 0 aliphatic heterocycles. The maximum atomic E-state index is 13.5. The minimum Gasteiger partial charge on any atom is -0.434 e. The Morgan fingerprint density at radius 1 is 1.14 bits per heavy atom. The fourth-order valence-electron chi connectivity index (χ4n) is 1.66. The molecule has 0 spiro atoms. The number of alkyl halides is 2. The van der Waals surface area contributed by atoms with Gasteiger partial charge in [-0.15, -0.1) is 0 Å². The fraction of sp³-hybridized carbons (Fsp3) is 0.133. The third kappa shape index (κ3) is 4.39. The van der Waals surface area contributed by atoms with Gasteiger partial charge in [-0.25, -0.2) is 4.39 Å². The van der Waals surface area contributed by atoms with Crippen molar-refractivity contribution in [1.29, 1.82) is 0 Å². The zero-order chi connectivity index (χ0) is 15.9. The molecule has 0 saturated carbocycles. The van der Waals surface area contributed by atoms with Crippen molar-refractivity contribution in [2.75, 3.05) is 0 Å². The van der Waals surface area contributed by atoms with Gasteiger partial charge in [-0.2, -0.15) is 8.78 Å². The Balaban J connectivity index is 2.01. The van der Waals surface area contributed by atoms with E-state index in [0.29, 0.717) is 5.56 Å². The molecule has 0 aromatic heterocycles. The Hall–Kier alpha value is -2.21. The lowest BCUT2D eigenvalue weighted by Gasteiger charge is -2.07. The summed E-state index contributed by atoms with van der Waals surface area (Å²) in [5, 5.41) is 3.83. The zero-order valence-corrected chi connectivity index (χ0v) is 11.9. The van der Waals surface area contributed by atoms with Crippen molar-refractivity contribution < 1.29 is 22.7 Å². The van der Waals surface area contributed by atoms with Gasteiger partial charge in [0.15, 0.2) is 0 Å². The van der Waals surface area contributed by atoms with Gasteiger partial charge >= 0.3 is 6.61 Å². The van der Waals surface area contributed by atoms with Crippen LogP contribution in [0.15, 0.2) is 47.6 Å². The molecule has 116 valence electrons. The van der Waals surface area contributed by atoms with Crippen LogP contribution in [0.1, 0.15) is 11.1 Å². The molecule has 7 heteroatoms. The standard InChI is InChI=1S/C15H11ClF3NO2/c16-12-5-3-6-13(17)11(12)9-21-20-8-10-4-1-2-7-14(10)22-15(18)19/h1-8,15H,9H2/b20-8+. The van der Waals surface area contributed by atoms with Crippen LogP contribution < -0.4 is 4.74 Å². The molecular weight excluding hydrogens is 319 g/mol. The number of halogens is 4. The summed E-state index contributed by atoms with van der Waals surface area (Å²) >= 11 is 5.83. The van der Waals surface area contributed by atoms with Gasteiger partial charge in [0.1, 0.15) is 18.2 Å². The van der Waals surface area contributed by atoms with Crippen LogP contribution >= 0.6 is 11.6 Å². The average Bonchev–Trinajstić information content (AvgIpc) is 2.47. The summed E-state index contributed by atoms with van der Waals surface area (Å²) in [6.07, 6.45) is 1.20. The van der Waals surface area contributed by atoms with Gasteiger partial charge in [0.25, 0.3) is 0 Å². The first-order valence-electron chi connectivity index (χ1n) is 6.20. The first kappa shape index (κ1) is 16.2. The minimum absolute atomic E-state index is 0.0335. The van der Waals surface area contributed by atoms with Crippen molar-refractivity contribution in [2.45, 2.75) is 13.2 Å². The van der Waals surface area contributed by atoms with Crippen molar-refractivity contribution in [2.24, 2.45) is 5.16 Å². The second-order valence-corrected chi connectivity index (χ2v) is 4.53. The summed E-state index contributed by atoms with van der Waals surface area (Å²) in [5.41, 5.74) is 0.473. The SMILES string of the molecule is Fc1cccc(Cl)c1CO/N=C/c1ccccc1OC(F)F. The minimum atomic E-state index is -2.94. The topological polar surface area (TPSA) is 30.8 Å². The number of nitrogens with zero attached hydrogens (tertiary/aromatic N) is 1. The van der Waals surface area contributed by atoms with E-state index in [0.717, 1.165) is 0 Å². The van der Waals surface area contributed by atoms with E-state index < -0.39 is 12.4 Å². The van der Waals surface area contributed by atoms with Crippen LogP contribution in [-0.4, -0.2) is 12.8 Å². The molecule has 0 atom stereocenters. The number of hydrogen-bond acceptors (Lipinski definition) is 3. The maximum absolute atomic E-state index is 13.5. The Morgan fingerprint density at radius 3 is 2.64 bits per heavy atom. The zero-order valence-electron chi connectivity index (χ0n) is 11.2. The molecule has 2 aromatic carbocycles. The van der Waals surface area contributed by atoms with E-state index in [1.807, 2.05) is 0 Å². The monoisotopic (exact) mass is 329 g/mol. The van der Waals surface area contributed by atoms with Crippen LogP contribution in [0, 0.1) is 5.82 Å². The number of para-hydroxylation sites is 1. The molecule has 0 heterocycles. The first-order chi connectivity index (χ1) is 10.6. The summed E-state index contributed by atoms with van der Waals surface area (Å²) < 4.78 is 42.3. The van der Waals surface area contributed by atoms with Crippen molar-refractivity contribution >= 4 is 17.8 Å².